The van der Waals surface area contributed by atoms with E-state index in [9.17, 15) is 27.6 Å². The smallest absolute Gasteiger partial charge is 0.358 e. The number of hydrogen-bond donors (Lipinski definition) is 0. The first-order chi connectivity index (χ1) is 59.3. The molecular formula is C107H129N8O7PS. The van der Waals surface area contributed by atoms with E-state index in [4.69, 9.17) is 4.74 Å². The molecule has 2 aliphatic carbocycles. The number of nitrogens with zero attached hydrogens (tertiary/aromatic N) is 8. The molecule has 0 radical (unpaired) electrons. The third-order valence-corrected chi connectivity index (χ3v) is 28.7. The number of fused-ring (bicyclic) bond motifs is 6. The van der Waals surface area contributed by atoms with Crippen molar-refractivity contribution in [2.75, 3.05) is 58.4 Å². The van der Waals surface area contributed by atoms with Gasteiger partial charge in [0.15, 0.2) is 21.3 Å². The number of benzene rings is 9. The Bertz CT molecular complexity index is 5640. The van der Waals surface area contributed by atoms with E-state index >= 15 is 0 Å². The van der Waals surface area contributed by atoms with E-state index in [1.54, 1.807) is 66.5 Å². The molecule has 11 aromatic rings. The number of esters is 1. The van der Waals surface area contributed by atoms with Crippen molar-refractivity contribution in [3.63, 3.8) is 0 Å². The maximum atomic E-state index is 12.9. The SMILES string of the molecule is CC(=O)[C@@H](C)Cc1ccc(C)cc1C.CCOC(=O)c1ncn2c1CN(C)C(=O)c1cc(C)ccc1-2.Cc1ccc(-c2cc(C)nn2-c2ccc(S(=O)(=O)CP)cc2)cc1.Cc1ccc(C)cc1.Cc1ccc(CN2CCC(CC3Cc4cc(C)c(C)cc4C3=O)CC2)cc1.Cc1ccc(CN2CC[C@@H](C)[C@H](N3CCC4(C=Cc5ccccc54)CC3)C2)cc1. The third-order valence-electron chi connectivity index (χ3n) is 25.9. The highest BCUT2D eigenvalue weighted by molar-refractivity contribution is 7.94. The Morgan fingerprint density at radius 1 is 0.621 bits per heavy atom. The number of aromatic nitrogens is 4. The molecule has 17 rings (SSSR count). The summed E-state index contributed by atoms with van der Waals surface area (Å²) in [4.78, 5) is 62.7. The molecule has 6 heterocycles. The zero-order valence-electron chi connectivity index (χ0n) is 76.0. The Hall–Kier alpha value is -10.3. The average Bonchev–Trinajstić information content (AvgIpc) is 1.61. The number of imidazole rings is 1. The van der Waals surface area contributed by atoms with Crippen LogP contribution in [0.1, 0.15) is 198 Å². The number of allylic oxidation sites excluding steroid dienone is 1. The van der Waals surface area contributed by atoms with Gasteiger partial charge >= 0.3 is 5.97 Å². The van der Waals surface area contributed by atoms with Gasteiger partial charge in [-0.1, -0.05) is 217 Å². The fourth-order valence-corrected chi connectivity index (χ4v) is 19.2. The van der Waals surface area contributed by atoms with Crippen molar-refractivity contribution in [2.45, 2.75) is 191 Å². The summed E-state index contributed by atoms with van der Waals surface area (Å²) < 4.78 is 32.5. The minimum Gasteiger partial charge on any atom is -0.461 e. The Kier molecular flexibility index (Phi) is 31.5. The number of ether oxygens (including phenoxy) is 1. The van der Waals surface area contributed by atoms with Crippen LogP contribution in [0.25, 0.3) is 28.7 Å². The Morgan fingerprint density at radius 3 is 1.79 bits per heavy atom. The van der Waals surface area contributed by atoms with Gasteiger partial charge in [0.25, 0.3) is 5.91 Å². The maximum absolute atomic E-state index is 12.9. The van der Waals surface area contributed by atoms with Crippen molar-refractivity contribution in [1.82, 2.24) is 38.9 Å². The van der Waals surface area contributed by atoms with Gasteiger partial charge in [-0.25, -0.2) is 22.9 Å². The number of Topliss-reactive ketones (excluding diaryl/α,β-unsaturated/α-hetero) is 2. The van der Waals surface area contributed by atoms with Gasteiger partial charge in [0, 0.05) is 61.1 Å². The summed E-state index contributed by atoms with van der Waals surface area (Å²) in [5, 5.41) is 4.55. The van der Waals surface area contributed by atoms with Crippen molar-refractivity contribution in [3.8, 4) is 22.6 Å². The molecule has 0 bridgehead atoms. The number of rotatable bonds is 16. The largest absolute Gasteiger partial charge is 0.461 e. The zero-order chi connectivity index (χ0) is 88.7. The lowest BCUT2D eigenvalue weighted by atomic mass is 9.74. The monoisotopic (exact) mass is 1700 g/mol. The molecule has 1 spiro atoms. The van der Waals surface area contributed by atoms with Crippen LogP contribution >= 0.6 is 9.24 Å². The second-order valence-corrected chi connectivity index (χ2v) is 38.8. The predicted molar refractivity (Wildman–Crippen MR) is 509 cm³/mol. The van der Waals surface area contributed by atoms with Crippen LogP contribution in [0.2, 0.25) is 0 Å². The summed E-state index contributed by atoms with van der Waals surface area (Å²) >= 11 is 0. The van der Waals surface area contributed by atoms with Gasteiger partial charge in [0.1, 0.15) is 12.1 Å². The van der Waals surface area contributed by atoms with Gasteiger partial charge < -0.3 is 9.64 Å². The van der Waals surface area contributed by atoms with Gasteiger partial charge in [-0.2, -0.15) is 5.10 Å². The van der Waals surface area contributed by atoms with Crippen molar-refractivity contribution in [1.29, 1.82) is 0 Å². The summed E-state index contributed by atoms with van der Waals surface area (Å²) in [7, 11) is 0.745. The van der Waals surface area contributed by atoms with E-state index in [0.717, 1.165) is 90.8 Å². The Balaban J connectivity index is 0.000000140. The van der Waals surface area contributed by atoms with Crippen LogP contribution in [0.4, 0.5) is 0 Å². The third kappa shape index (κ3) is 23.6. The second kappa shape index (κ2) is 42.1. The molecule has 4 aliphatic heterocycles. The summed E-state index contributed by atoms with van der Waals surface area (Å²) in [5.74, 6) is 1.98. The first kappa shape index (κ1) is 92.9. The quantitative estimate of drug-likeness (QED) is 0.0666. The first-order valence-electron chi connectivity index (χ1n) is 44.4. The lowest BCUT2D eigenvalue weighted by Gasteiger charge is -2.48. The van der Waals surface area contributed by atoms with Crippen molar-refractivity contribution in [2.24, 2.45) is 23.7 Å². The minimum absolute atomic E-state index is 0.0157. The summed E-state index contributed by atoms with van der Waals surface area (Å²) in [5.41, 5.74) is 28.5. The second-order valence-electron chi connectivity index (χ2n) is 35.8. The molecule has 0 N–H and O–H groups in total. The van der Waals surface area contributed by atoms with E-state index in [0.29, 0.717) is 45.9 Å². The number of hydrogen-bond acceptors (Lipinski definition) is 12. The van der Waals surface area contributed by atoms with Crippen molar-refractivity contribution < 1.29 is 32.3 Å². The van der Waals surface area contributed by atoms with Crippen LogP contribution in [-0.4, -0.2) is 135 Å². The van der Waals surface area contributed by atoms with E-state index in [-0.39, 0.29) is 41.3 Å². The van der Waals surface area contributed by atoms with E-state index < -0.39 is 15.8 Å². The van der Waals surface area contributed by atoms with Gasteiger partial charge in [-0.15, -0.1) is 9.24 Å². The fourth-order valence-electron chi connectivity index (χ4n) is 17.9. The number of ketones is 2. The van der Waals surface area contributed by atoms with Crippen LogP contribution in [0.15, 0.2) is 217 Å². The molecular weight excluding hydrogens is 1570 g/mol. The standard InChI is InChI=1S/C27H34N2.C25H31NO.C18H19N2O2PS.C16H17N3O3.C13H18O.C8H10/c1-21-7-9-23(10-8-21)19-28-16-12-22(2)26(20-28)29-17-14-27(15-18-29)13-11-24-5-3-4-6-25(24)27;1-17-4-6-21(7-5-17)16-26-10-8-20(9-11-26)14-23-15-22-12-18(2)19(3)13-24(22)25(23)27;1-13-3-5-15(6-4-13)18-11-14(2)19-20(18)16-7-9-17(10-8-16)24(21,22)12-23;1-4-22-16(21)14-13-8-18(3)15(20)11-7-10(2)5-6-12(11)19(13)9-17-14;1-9-5-6-13(11(3)7-9)8-10(2)12(4)14;1-7-3-5-8(2)6-4-7/h3-11,13,22,26H,12,14-20H2,1-2H3;4-7,12-13,20,23H,8-11,14-16H2,1-3H3;3-11H,12,23H2,1-2H3;5-7,9H,4,8H2,1-3H3;5-7,10H,8H2,1-4H3;3-6H,1-2H3/t22-,26-;;;;10-;/m1...0./s1. The summed E-state index contributed by atoms with van der Waals surface area (Å²) in [6, 6.07) is 69.8. The van der Waals surface area contributed by atoms with Crippen LogP contribution in [0, 0.1) is 99.8 Å². The fraction of sp³-hybridized carbons (Fsp3) is 0.383. The van der Waals surface area contributed by atoms with Crippen LogP contribution in [0.5, 0.6) is 0 Å². The lowest BCUT2D eigenvalue weighted by Crippen LogP contribution is -2.55. The van der Waals surface area contributed by atoms with Gasteiger partial charge in [-0.05, 0) is 285 Å². The van der Waals surface area contributed by atoms with Crippen molar-refractivity contribution in [3.05, 3.63) is 330 Å². The number of carbonyl (C=O) groups is 4. The van der Waals surface area contributed by atoms with Gasteiger partial charge in [-0.3, -0.25) is 33.7 Å². The molecule has 15 nitrogen and oxygen atoms in total. The number of sulfone groups is 1. The maximum Gasteiger partial charge on any atom is 0.358 e. The molecule has 17 heteroatoms. The molecule has 5 atom stereocenters. The van der Waals surface area contributed by atoms with Crippen LogP contribution in [0.3, 0.4) is 0 Å². The number of carbonyl (C=O) groups excluding carboxylic acids is 4. The van der Waals surface area contributed by atoms with Crippen molar-refractivity contribution >= 4 is 48.6 Å². The number of amides is 1. The number of piperidine rings is 3. The lowest BCUT2D eigenvalue weighted by molar-refractivity contribution is -0.120. The van der Waals surface area contributed by atoms with Gasteiger partial charge in [0.2, 0.25) is 0 Å². The van der Waals surface area contributed by atoms with Crippen LogP contribution < -0.4 is 0 Å². The molecule has 0 saturated carbocycles. The molecule has 6 aliphatic rings. The molecule has 2 unspecified atom stereocenters. The van der Waals surface area contributed by atoms with Gasteiger partial charge in [0.05, 0.1) is 57.6 Å². The summed E-state index contributed by atoms with van der Waals surface area (Å²) in [6.45, 7) is 40.7. The molecule has 124 heavy (non-hydrogen) atoms. The molecule has 3 fully saturated rings. The highest BCUT2D eigenvalue weighted by atomic mass is 32.2. The normalized spacial score (nSPS) is 17.4. The summed E-state index contributed by atoms with van der Waals surface area (Å²) in [6.07, 6.45) is 15.6. The number of likely N-dealkylation sites (tertiary alicyclic amines) is 3. The molecule has 1 amide bonds. The zero-order valence-corrected chi connectivity index (χ0v) is 78.0. The average molecular weight is 1700 g/mol. The minimum atomic E-state index is -3.23. The van der Waals surface area contributed by atoms with E-state index in [1.807, 2.05) is 49.7 Å². The first-order valence-corrected chi connectivity index (χ1v) is 46.9. The molecule has 3 saturated heterocycles. The molecule has 9 aromatic carbocycles. The molecule has 650 valence electrons. The highest BCUT2D eigenvalue weighted by Gasteiger charge is 2.42. The Morgan fingerprint density at radius 2 is 1.19 bits per heavy atom. The molecule has 2 aromatic heterocycles. The van der Waals surface area contributed by atoms with E-state index in [2.05, 4.69) is 267 Å². The van der Waals surface area contributed by atoms with E-state index in [1.165, 1.54) is 136 Å². The Labute approximate surface area is 740 Å². The topological polar surface area (TPSA) is 160 Å². The highest BCUT2D eigenvalue weighted by Crippen LogP contribution is 2.45. The predicted octanol–water partition coefficient (Wildman–Crippen LogP) is 21.6. The number of aryl methyl sites for hydroxylation is 11. The van der Waals surface area contributed by atoms with Crippen LogP contribution in [-0.2, 0) is 57.3 Å².